The first-order valence-electron chi connectivity index (χ1n) is 11.8. The molecule has 34 heavy (non-hydrogen) atoms. The smallest absolute Gasteiger partial charge is 0.240 e. The average Bonchev–Trinajstić information content (AvgIpc) is 3.52. The van der Waals surface area contributed by atoms with Gasteiger partial charge in [-0.3, -0.25) is 4.90 Å². The van der Waals surface area contributed by atoms with Gasteiger partial charge in [-0.1, -0.05) is 48.3 Å². The largest absolute Gasteiger partial charge is 0.338 e. The number of halogens is 1. The first-order valence-corrected chi connectivity index (χ1v) is 13.3. The summed E-state index contributed by atoms with van der Waals surface area (Å²) in [7, 11) is -3.51. The number of hydrogen-bond acceptors (Lipinski definition) is 6. The lowest BCUT2D eigenvalue weighted by molar-refractivity contribution is 0.177. The third-order valence-corrected chi connectivity index (χ3v) is 8.61. The first kappa shape index (κ1) is 23.1. The monoisotopic (exact) mass is 484 g/mol. The Morgan fingerprint density at radius 3 is 2.38 bits per heavy atom. The van der Waals surface area contributed by atoms with E-state index in [4.69, 9.17) is 9.51 Å². The normalized spacial score (nSPS) is 19.4. The molecule has 5 rings (SSSR count). The van der Waals surface area contributed by atoms with Crippen molar-refractivity contribution in [2.75, 3.05) is 13.1 Å². The molecule has 0 spiro atoms. The van der Waals surface area contributed by atoms with Crippen LogP contribution in [0.25, 0.3) is 0 Å². The Morgan fingerprint density at radius 2 is 1.71 bits per heavy atom. The lowest BCUT2D eigenvalue weighted by Gasteiger charge is -2.31. The van der Waals surface area contributed by atoms with Crippen LogP contribution in [-0.4, -0.2) is 42.6 Å². The van der Waals surface area contributed by atoms with E-state index in [1.807, 2.05) is 12.1 Å². The topological polar surface area (TPSA) is 88.3 Å². The standard InChI is InChI=1S/C25H29FN4O3S/c26-20-10-8-19(9-11-20)25(14-4-5-15-25)24-27-23(33-28-24)18-30-16-12-21(13-17-30)29-34(31,32)22-6-2-1-3-7-22/h1-3,6-11,21,29H,4-5,12-18H2. The molecule has 1 aliphatic carbocycles. The van der Waals surface area contributed by atoms with Crippen LogP contribution in [0.1, 0.15) is 55.8 Å². The van der Waals surface area contributed by atoms with E-state index in [1.54, 1.807) is 30.3 Å². The molecule has 0 unspecified atom stereocenters. The molecule has 3 aromatic rings. The molecule has 2 heterocycles. The van der Waals surface area contributed by atoms with E-state index < -0.39 is 10.0 Å². The van der Waals surface area contributed by atoms with Crippen molar-refractivity contribution in [1.82, 2.24) is 19.8 Å². The van der Waals surface area contributed by atoms with Crippen LogP contribution < -0.4 is 4.72 Å². The highest BCUT2D eigenvalue weighted by Crippen LogP contribution is 2.45. The van der Waals surface area contributed by atoms with E-state index in [2.05, 4.69) is 14.8 Å². The molecule has 1 aromatic heterocycles. The fraction of sp³-hybridized carbons (Fsp3) is 0.440. The summed E-state index contributed by atoms with van der Waals surface area (Å²) in [4.78, 5) is 7.25. The molecule has 9 heteroatoms. The Labute approximate surface area is 199 Å². The van der Waals surface area contributed by atoms with Gasteiger partial charge in [-0.2, -0.15) is 4.98 Å². The van der Waals surface area contributed by atoms with E-state index >= 15 is 0 Å². The van der Waals surface area contributed by atoms with Crippen molar-refractivity contribution in [2.24, 2.45) is 0 Å². The number of hydrogen-bond donors (Lipinski definition) is 1. The molecule has 1 aliphatic heterocycles. The van der Waals surface area contributed by atoms with Crippen LogP contribution in [0.2, 0.25) is 0 Å². The molecule has 1 saturated heterocycles. The predicted molar refractivity (Wildman–Crippen MR) is 125 cm³/mol. The van der Waals surface area contributed by atoms with Crippen molar-refractivity contribution in [2.45, 2.75) is 61.4 Å². The quantitative estimate of drug-likeness (QED) is 0.545. The minimum atomic E-state index is -3.51. The molecular formula is C25H29FN4O3S. The van der Waals surface area contributed by atoms with Crippen molar-refractivity contribution in [3.05, 3.63) is 77.7 Å². The maximum absolute atomic E-state index is 13.5. The van der Waals surface area contributed by atoms with Crippen LogP contribution in [-0.2, 0) is 22.0 Å². The van der Waals surface area contributed by atoms with E-state index in [0.29, 0.717) is 31.1 Å². The van der Waals surface area contributed by atoms with Crippen molar-refractivity contribution < 1.29 is 17.3 Å². The molecule has 0 radical (unpaired) electrons. The molecule has 7 nitrogen and oxygen atoms in total. The SMILES string of the molecule is O=S(=O)(NC1CCN(Cc2nc(C3(c4ccc(F)cc4)CCCC3)no2)CC1)c1ccccc1. The number of sulfonamides is 1. The minimum Gasteiger partial charge on any atom is -0.338 e. The zero-order chi connectivity index (χ0) is 23.6. The molecule has 0 bridgehead atoms. The molecule has 2 aliphatic rings. The Balaban J connectivity index is 1.21. The van der Waals surface area contributed by atoms with Gasteiger partial charge < -0.3 is 4.52 Å². The van der Waals surface area contributed by atoms with Gasteiger partial charge in [0.1, 0.15) is 5.82 Å². The number of nitrogens with zero attached hydrogens (tertiary/aromatic N) is 3. The number of benzene rings is 2. The van der Waals surface area contributed by atoms with Gasteiger partial charge in [0.2, 0.25) is 15.9 Å². The van der Waals surface area contributed by atoms with E-state index in [9.17, 15) is 12.8 Å². The highest BCUT2D eigenvalue weighted by Gasteiger charge is 2.41. The first-order chi connectivity index (χ1) is 16.4. The summed E-state index contributed by atoms with van der Waals surface area (Å²) in [6.07, 6.45) is 5.43. The highest BCUT2D eigenvalue weighted by molar-refractivity contribution is 7.89. The second-order valence-corrected chi connectivity index (χ2v) is 11.0. The highest BCUT2D eigenvalue weighted by atomic mass is 32.2. The van der Waals surface area contributed by atoms with Crippen molar-refractivity contribution >= 4 is 10.0 Å². The maximum Gasteiger partial charge on any atom is 0.240 e. The van der Waals surface area contributed by atoms with Gasteiger partial charge in [0.15, 0.2) is 5.82 Å². The van der Waals surface area contributed by atoms with Gasteiger partial charge in [0, 0.05) is 19.1 Å². The van der Waals surface area contributed by atoms with Gasteiger partial charge in [0.25, 0.3) is 0 Å². The Bertz CT molecular complexity index is 1200. The average molecular weight is 485 g/mol. The summed E-state index contributed by atoms with van der Waals surface area (Å²) in [5, 5.41) is 4.33. The Kier molecular flexibility index (Phi) is 6.50. The molecule has 2 aromatic carbocycles. The van der Waals surface area contributed by atoms with Gasteiger partial charge >= 0.3 is 0 Å². The fourth-order valence-electron chi connectivity index (χ4n) is 5.19. The third-order valence-electron chi connectivity index (χ3n) is 7.07. The van der Waals surface area contributed by atoms with Gasteiger partial charge in [-0.25, -0.2) is 17.5 Å². The third kappa shape index (κ3) is 4.78. The number of aromatic nitrogens is 2. The summed E-state index contributed by atoms with van der Waals surface area (Å²) in [5.41, 5.74) is 0.711. The zero-order valence-corrected chi connectivity index (χ0v) is 19.8. The number of nitrogens with one attached hydrogen (secondary N) is 1. The van der Waals surface area contributed by atoms with E-state index in [1.165, 1.54) is 12.1 Å². The second kappa shape index (κ2) is 9.56. The lowest BCUT2D eigenvalue weighted by Crippen LogP contribution is -2.44. The molecule has 0 amide bonds. The van der Waals surface area contributed by atoms with Gasteiger partial charge in [-0.05, 0) is 55.5 Å². The second-order valence-electron chi connectivity index (χ2n) is 9.29. The summed E-state index contributed by atoms with van der Waals surface area (Å²) in [6.45, 7) is 2.01. The van der Waals surface area contributed by atoms with Gasteiger partial charge in [0.05, 0.1) is 16.9 Å². The fourth-order valence-corrected chi connectivity index (χ4v) is 6.52. The van der Waals surface area contributed by atoms with Crippen LogP contribution in [0.15, 0.2) is 64.0 Å². The Hall–Kier alpha value is -2.62. The summed E-state index contributed by atoms with van der Waals surface area (Å²) in [6, 6.07) is 15.0. The van der Waals surface area contributed by atoms with Crippen molar-refractivity contribution in [1.29, 1.82) is 0 Å². The number of likely N-dealkylation sites (tertiary alicyclic amines) is 1. The van der Waals surface area contributed by atoms with Crippen molar-refractivity contribution in [3.8, 4) is 0 Å². The van der Waals surface area contributed by atoms with E-state index in [-0.39, 0.29) is 22.2 Å². The summed E-state index contributed by atoms with van der Waals surface area (Å²) >= 11 is 0. The zero-order valence-electron chi connectivity index (χ0n) is 19.0. The molecule has 2 fully saturated rings. The predicted octanol–water partition coefficient (Wildman–Crippen LogP) is 4.01. The number of piperidine rings is 1. The lowest BCUT2D eigenvalue weighted by atomic mass is 9.78. The Morgan fingerprint density at radius 1 is 1.03 bits per heavy atom. The minimum absolute atomic E-state index is 0.0973. The maximum atomic E-state index is 13.5. The molecule has 180 valence electrons. The van der Waals surface area contributed by atoms with Gasteiger partial charge in [-0.15, -0.1) is 0 Å². The van der Waals surface area contributed by atoms with Crippen LogP contribution in [0, 0.1) is 5.82 Å². The molecule has 1 N–H and O–H groups in total. The van der Waals surface area contributed by atoms with Crippen LogP contribution in [0.4, 0.5) is 4.39 Å². The van der Waals surface area contributed by atoms with Crippen LogP contribution >= 0.6 is 0 Å². The molecule has 0 atom stereocenters. The summed E-state index contributed by atoms with van der Waals surface area (Å²) < 4.78 is 47.1. The van der Waals surface area contributed by atoms with Crippen molar-refractivity contribution in [3.63, 3.8) is 0 Å². The molecule has 1 saturated carbocycles. The van der Waals surface area contributed by atoms with Crippen LogP contribution in [0.5, 0.6) is 0 Å². The summed E-state index contributed by atoms with van der Waals surface area (Å²) in [5.74, 6) is 0.990. The van der Waals surface area contributed by atoms with Crippen LogP contribution in [0.3, 0.4) is 0 Å². The number of rotatable bonds is 7. The molecular weight excluding hydrogens is 455 g/mol. The van der Waals surface area contributed by atoms with E-state index in [0.717, 1.165) is 44.3 Å².